The average Bonchev–Trinajstić information content (AvgIpc) is 2.80. The molecule has 2 N–H and O–H groups in total. The second-order valence-corrected chi connectivity index (χ2v) is 7.22. The van der Waals surface area contributed by atoms with Gasteiger partial charge >= 0.3 is 0 Å². The van der Waals surface area contributed by atoms with Gasteiger partial charge in [0.25, 0.3) is 0 Å². The van der Waals surface area contributed by atoms with Crippen molar-refractivity contribution in [3.05, 3.63) is 39.2 Å². The Labute approximate surface area is 138 Å². The van der Waals surface area contributed by atoms with Crippen LogP contribution in [0.3, 0.4) is 0 Å². The number of aryl methyl sites for hydroxylation is 1. The third kappa shape index (κ3) is 3.16. The molecule has 0 aliphatic carbocycles. The van der Waals surface area contributed by atoms with Gasteiger partial charge in [-0.25, -0.2) is 4.98 Å². The number of nitrogens with one attached hydrogen (secondary N) is 2. The Hall–Kier alpha value is -1.43. The van der Waals surface area contributed by atoms with E-state index in [1.54, 1.807) is 11.3 Å². The smallest absolute Gasteiger partial charge is 0.226 e. The molecule has 0 radical (unpaired) electrons. The number of carbonyl (C=O) groups is 1. The van der Waals surface area contributed by atoms with E-state index in [2.05, 4.69) is 17.6 Å². The molecule has 1 aliphatic rings. The molecule has 1 saturated heterocycles. The molecule has 6 heteroatoms. The van der Waals surface area contributed by atoms with Gasteiger partial charge in [0.05, 0.1) is 17.7 Å². The maximum atomic E-state index is 12.0. The minimum Gasteiger partial charge on any atom is -0.347 e. The first kappa shape index (κ1) is 15.5. The van der Waals surface area contributed by atoms with Gasteiger partial charge in [0.2, 0.25) is 5.91 Å². The number of aromatic nitrogens is 1. The number of thiazole rings is 1. The molecule has 1 amide bonds. The fourth-order valence-corrected chi connectivity index (χ4v) is 3.42. The summed E-state index contributed by atoms with van der Waals surface area (Å²) in [6.07, 6.45) is 0. The molecular weight excluding hydrogens is 318 g/mol. The summed E-state index contributed by atoms with van der Waals surface area (Å²) >= 11 is 7.56. The Morgan fingerprint density at radius 1 is 1.41 bits per heavy atom. The standard InChI is InChI=1S/C16H18ClN3OS/c1-9(19-15(21)12-7-18-8-12)16-20-14(10(2)22-16)11-3-5-13(17)6-4-11/h3-6,9,12,18H,7-8H2,1-2H3,(H,19,21). The lowest BCUT2D eigenvalue weighted by atomic mass is 10.0. The topological polar surface area (TPSA) is 54.0 Å². The second-order valence-electron chi connectivity index (χ2n) is 5.55. The van der Waals surface area contributed by atoms with E-state index in [9.17, 15) is 4.79 Å². The number of hydrogen-bond donors (Lipinski definition) is 2. The Balaban J connectivity index is 1.76. The fourth-order valence-electron chi connectivity index (χ4n) is 2.34. The van der Waals surface area contributed by atoms with Gasteiger partial charge in [-0.15, -0.1) is 11.3 Å². The Kier molecular flexibility index (Phi) is 4.47. The minimum atomic E-state index is -0.0714. The third-order valence-electron chi connectivity index (χ3n) is 3.81. The van der Waals surface area contributed by atoms with Crippen LogP contribution in [0.1, 0.15) is 22.9 Å². The van der Waals surface area contributed by atoms with Crippen LogP contribution in [0.15, 0.2) is 24.3 Å². The van der Waals surface area contributed by atoms with Gasteiger partial charge in [0, 0.05) is 28.6 Å². The predicted molar refractivity (Wildman–Crippen MR) is 90.2 cm³/mol. The summed E-state index contributed by atoms with van der Waals surface area (Å²) in [7, 11) is 0. The second kappa shape index (κ2) is 6.36. The summed E-state index contributed by atoms with van der Waals surface area (Å²) in [5.74, 6) is 0.200. The monoisotopic (exact) mass is 335 g/mol. The molecule has 2 aromatic rings. The summed E-state index contributed by atoms with van der Waals surface area (Å²) in [6.45, 7) is 5.57. The molecule has 2 heterocycles. The first-order valence-corrected chi connectivity index (χ1v) is 8.48. The molecule has 1 unspecified atom stereocenters. The van der Waals surface area contributed by atoms with Crippen molar-refractivity contribution in [1.82, 2.24) is 15.6 Å². The fraction of sp³-hybridized carbons (Fsp3) is 0.375. The van der Waals surface area contributed by atoms with E-state index in [4.69, 9.17) is 16.6 Å². The van der Waals surface area contributed by atoms with E-state index in [1.807, 2.05) is 31.2 Å². The molecule has 22 heavy (non-hydrogen) atoms. The Morgan fingerprint density at radius 2 is 2.09 bits per heavy atom. The summed E-state index contributed by atoms with van der Waals surface area (Å²) in [5.41, 5.74) is 2.01. The van der Waals surface area contributed by atoms with Crippen molar-refractivity contribution in [3.8, 4) is 11.3 Å². The van der Waals surface area contributed by atoms with E-state index in [0.29, 0.717) is 5.02 Å². The van der Waals surface area contributed by atoms with Gasteiger partial charge in [0.1, 0.15) is 5.01 Å². The molecular formula is C16H18ClN3OS. The zero-order valence-corrected chi connectivity index (χ0v) is 14.1. The van der Waals surface area contributed by atoms with Crippen LogP contribution in [0.5, 0.6) is 0 Å². The number of benzene rings is 1. The number of rotatable bonds is 4. The van der Waals surface area contributed by atoms with Crippen molar-refractivity contribution < 1.29 is 4.79 Å². The number of amides is 1. The molecule has 1 aromatic carbocycles. The molecule has 1 aromatic heterocycles. The van der Waals surface area contributed by atoms with Gasteiger partial charge in [0.15, 0.2) is 0 Å². The SMILES string of the molecule is Cc1sc(C(C)NC(=O)C2CNC2)nc1-c1ccc(Cl)cc1. The van der Waals surface area contributed by atoms with Gasteiger partial charge in [-0.1, -0.05) is 23.7 Å². The normalized spacial score (nSPS) is 16.1. The molecule has 3 rings (SSSR count). The molecule has 4 nitrogen and oxygen atoms in total. The number of hydrogen-bond acceptors (Lipinski definition) is 4. The largest absolute Gasteiger partial charge is 0.347 e. The minimum absolute atomic E-state index is 0.0714. The molecule has 116 valence electrons. The van der Waals surface area contributed by atoms with E-state index in [1.165, 1.54) is 0 Å². The van der Waals surface area contributed by atoms with Crippen LogP contribution < -0.4 is 10.6 Å². The molecule has 1 atom stereocenters. The lowest BCUT2D eigenvalue weighted by Gasteiger charge is -2.27. The van der Waals surface area contributed by atoms with Crippen molar-refractivity contribution in [2.24, 2.45) is 5.92 Å². The van der Waals surface area contributed by atoms with Crippen LogP contribution in [0, 0.1) is 12.8 Å². The van der Waals surface area contributed by atoms with Crippen LogP contribution >= 0.6 is 22.9 Å². The number of carbonyl (C=O) groups excluding carboxylic acids is 1. The van der Waals surface area contributed by atoms with Gasteiger partial charge < -0.3 is 10.6 Å². The van der Waals surface area contributed by atoms with Crippen LogP contribution in [-0.4, -0.2) is 24.0 Å². The zero-order chi connectivity index (χ0) is 15.7. The summed E-state index contributed by atoms with van der Waals surface area (Å²) in [5, 5.41) is 7.80. The van der Waals surface area contributed by atoms with Crippen molar-refractivity contribution in [2.45, 2.75) is 19.9 Å². The highest BCUT2D eigenvalue weighted by molar-refractivity contribution is 7.12. The lowest BCUT2D eigenvalue weighted by molar-refractivity contribution is -0.127. The number of halogens is 1. The number of nitrogens with zero attached hydrogens (tertiary/aromatic N) is 1. The van der Waals surface area contributed by atoms with E-state index in [0.717, 1.165) is 34.2 Å². The highest BCUT2D eigenvalue weighted by Crippen LogP contribution is 2.31. The van der Waals surface area contributed by atoms with Crippen molar-refractivity contribution in [2.75, 3.05) is 13.1 Å². The van der Waals surface area contributed by atoms with Crippen molar-refractivity contribution in [3.63, 3.8) is 0 Å². The van der Waals surface area contributed by atoms with Gasteiger partial charge in [-0.3, -0.25) is 4.79 Å². The van der Waals surface area contributed by atoms with E-state index < -0.39 is 0 Å². The zero-order valence-electron chi connectivity index (χ0n) is 12.5. The van der Waals surface area contributed by atoms with Gasteiger partial charge in [-0.2, -0.15) is 0 Å². The molecule has 1 aliphatic heterocycles. The maximum Gasteiger partial charge on any atom is 0.226 e. The van der Waals surface area contributed by atoms with Crippen LogP contribution in [-0.2, 0) is 4.79 Å². The third-order valence-corrected chi connectivity index (χ3v) is 5.22. The van der Waals surface area contributed by atoms with E-state index >= 15 is 0 Å². The Morgan fingerprint density at radius 3 is 2.68 bits per heavy atom. The van der Waals surface area contributed by atoms with E-state index in [-0.39, 0.29) is 17.9 Å². The summed E-state index contributed by atoms with van der Waals surface area (Å²) < 4.78 is 0. The van der Waals surface area contributed by atoms with Crippen molar-refractivity contribution in [1.29, 1.82) is 0 Å². The first-order valence-electron chi connectivity index (χ1n) is 7.29. The molecule has 0 bridgehead atoms. The van der Waals surface area contributed by atoms with Crippen LogP contribution in [0.4, 0.5) is 0 Å². The Bertz CT molecular complexity index is 679. The first-order chi connectivity index (χ1) is 10.5. The molecule has 0 saturated carbocycles. The van der Waals surface area contributed by atoms with Gasteiger partial charge in [-0.05, 0) is 26.0 Å². The average molecular weight is 336 g/mol. The quantitative estimate of drug-likeness (QED) is 0.902. The molecule has 0 spiro atoms. The molecule has 1 fully saturated rings. The maximum absolute atomic E-state index is 12.0. The lowest BCUT2D eigenvalue weighted by Crippen LogP contribution is -2.51. The summed E-state index contributed by atoms with van der Waals surface area (Å²) in [6, 6.07) is 7.60. The highest BCUT2D eigenvalue weighted by Gasteiger charge is 2.26. The predicted octanol–water partition coefficient (Wildman–Crippen LogP) is 3.17. The van der Waals surface area contributed by atoms with Crippen LogP contribution in [0.25, 0.3) is 11.3 Å². The summed E-state index contributed by atoms with van der Waals surface area (Å²) in [4.78, 5) is 17.9. The van der Waals surface area contributed by atoms with Crippen LogP contribution in [0.2, 0.25) is 5.02 Å². The van der Waals surface area contributed by atoms with Crippen molar-refractivity contribution >= 4 is 28.8 Å². The highest BCUT2D eigenvalue weighted by atomic mass is 35.5.